The molecule has 0 aliphatic heterocycles. The monoisotopic (exact) mass is 312 g/mol. The van der Waals surface area contributed by atoms with Crippen LogP contribution in [0.3, 0.4) is 0 Å². The lowest BCUT2D eigenvalue weighted by atomic mass is 10.1. The van der Waals surface area contributed by atoms with Crippen LogP contribution in [0.25, 0.3) is 0 Å². The molecule has 0 N–H and O–H groups in total. The van der Waals surface area contributed by atoms with Crippen molar-refractivity contribution in [1.29, 1.82) is 0 Å². The highest BCUT2D eigenvalue weighted by molar-refractivity contribution is 9.10. The third-order valence-electron chi connectivity index (χ3n) is 2.68. The van der Waals surface area contributed by atoms with Crippen molar-refractivity contribution >= 4 is 15.9 Å². The maximum atomic E-state index is 5.24. The first kappa shape index (κ1) is 13.3. The van der Waals surface area contributed by atoms with Crippen LogP contribution < -0.4 is 0 Å². The van der Waals surface area contributed by atoms with Gasteiger partial charge in [-0.05, 0) is 35.7 Å². The van der Waals surface area contributed by atoms with Gasteiger partial charge in [-0.3, -0.25) is 4.68 Å². The van der Waals surface area contributed by atoms with E-state index in [1.165, 1.54) is 0 Å². The topological polar surface area (TPSA) is 56.7 Å². The molecule has 0 radical (unpaired) electrons. The molecule has 2 heterocycles. The fourth-order valence-corrected chi connectivity index (χ4v) is 2.04. The molecule has 0 aliphatic carbocycles. The van der Waals surface area contributed by atoms with Gasteiger partial charge in [0.25, 0.3) is 0 Å². The summed E-state index contributed by atoms with van der Waals surface area (Å²) in [5.41, 5.74) is 2.03. The smallest absolute Gasteiger partial charge is 0.248 e. The Bertz CT molecular complexity index is 544. The lowest BCUT2D eigenvalue weighted by Crippen LogP contribution is -2.04. The van der Waals surface area contributed by atoms with Crippen molar-refractivity contribution in [2.75, 3.05) is 0 Å². The van der Waals surface area contributed by atoms with Gasteiger partial charge in [0.2, 0.25) is 5.89 Å². The summed E-state index contributed by atoms with van der Waals surface area (Å²) in [6, 6.07) is 0. The average Bonchev–Trinajstić information content (AvgIpc) is 2.80. The number of nitrogens with zero attached hydrogens (tertiary/aromatic N) is 4. The van der Waals surface area contributed by atoms with Crippen LogP contribution in [0.5, 0.6) is 0 Å². The molecular weight excluding hydrogens is 296 g/mol. The van der Waals surface area contributed by atoms with E-state index in [0.29, 0.717) is 18.4 Å². The highest BCUT2D eigenvalue weighted by atomic mass is 79.9. The zero-order chi connectivity index (χ0) is 13.3. The third-order valence-corrected chi connectivity index (χ3v) is 3.83. The highest BCUT2D eigenvalue weighted by Gasteiger charge is 2.13. The molecule has 6 heteroatoms. The molecule has 5 nitrogen and oxygen atoms in total. The molecular formula is C12H17BrN4O. The van der Waals surface area contributed by atoms with Crippen LogP contribution in [0.1, 0.15) is 37.0 Å². The molecule has 0 aromatic carbocycles. The Hall–Kier alpha value is -1.17. The second kappa shape index (κ2) is 5.22. The van der Waals surface area contributed by atoms with E-state index in [1.807, 2.05) is 18.5 Å². The van der Waals surface area contributed by atoms with Gasteiger partial charge in [0.1, 0.15) is 6.54 Å². The highest BCUT2D eigenvalue weighted by Crippen LogP contribution is 2.20. The molecule has 0 saturated carbocycles. The first-order valence-corrected chi connectivity index (χ1v) is 6.77. The Morgan fingerprint density at radius 3 is 2.61 bits per heavy atom. The Morgan fingerprint density at radius 2 is 2.06 bits per heavy atom. The molecule has 18 heavy (non-hydrogen) atoms. The number of hydrogen-bond acceptors (Lipinski definition) is 4. The van der Waals surface area contributed by atoms with E-state index in [2.05, 4.69) is 45.0 Å². The molecule has 2 rings (SSSR count). The van der Waals surface area contributed by atoms with Gasteiger partial charge in [-0.15, -0.1) is 0 Å². The third kappa shape index (κ3) is 2.80. The number of aromatic nitrogens is 4. The van der Waals surface area contributed by atoms with Crippen LogP contribution in [0.2, 0.25) is 0 Å². The summed E-state index contributed by atoms with van der Waals surface area (Å²) >= 11 is 3.50. The van der Waals surface area contributed by atoms with Crippen LogP contribution in [0.4, 0.5) is 0 Å². The molecule has 0 bridgehead atoms. The van der Waals surface area contributed by atoms with Crippen molar-refractivity contribution in [3.63, 3.8) is 0 Å². The summed E-state index contributed by atoms with van der Waals surface area (Å²) in [5, 5.41) is 8.39. The Morgan fingerprint density at radius 1 is 1.33 bits per heavy atom. The lowest BCUT2D eigenvalue weighted by molar-refractivity contribution is 0.358. The average molecular weight is 313 g/mol. The molecule has 0 atom stereocenters. The standard InChI is InChI=1S/C12H17BrN4O/c1-7(2)5-10-14-11(18-16-10)6-17-9(4)12(13)8(3)15-17/h7H,5-6H2,1-4H3. The van der Waals surface area contributed by atoms with Crippen LogP contribution in [-0.4, -0.2) is 19.9 Å². The molecule has 0 aliphatic rings. The van der Waals surface area contributed by atoms with Crippen molar-refractivity contribution in [2.45, 2.75) is 40.7 Å². The van der Waals surface area contributed by atoms with Gasteiger partial charge in [0, 0.05) is 6.42 Å². The second-order valence-electron chi connectivity index (χ2n) is 4.84. The maximum Gasteiger partial charge on any atom is 0.248 e. The molecule has 98 valence electrons. The van der Waals surface area contributed by atoms with Crippen LogP contribution in [0.15, 0.2) is 9.00 Å². The predicted molar refractivity (Wildman–Crippen MR) is 71.3 cm³/mol. The number of aryl methyl sites for hydroxylation is 1. The van der Waals surface area contributed by atoms with E-state index in [4.69, 9.17) is 4.52 Å². The summed E-state index contributed by atoms with van der Waals surface area (Å²) in [4.78, 5) is 4.37. The summed E-state index contributed by atoms with van der Waals surface area (Å²) in [7, 11) is 0. The van der Waals surface area contributed by atoms with Crippen molar-refractivity contribution in [2.24, 2.45) is 5.92 Å². The number of rotatable bonds is 4. The predicted octanol–water partition coefficient (Wildman–Crippen LogP) is 2.89. The Labute approximate surface area is 115 Å². The summed E-state index contributed by atoms with van der Waals surface area (Å²) in [5.74, 6) is 1.89. The number of hydrogen-bond donors (Lipinski definition) is 0. The van der Waals surface area contributed by atoms with E-state index >= 15 is 0 Å². The second-order valence-corrected chi connectivity index (χ2v) is 5.64. The van der Waals surface area contributed by atoms with Gasteiger partial charge in [0.15, 0.2) is 5.82 Å². The summed E-state index contributed by atoms with van der Waals surface area (Å²) < 4.78 is 8.14. The number of halogens is 1. The maximum absolute atomic E-state index is 5.24. The van der Waals surface area contributed by atoms with E-state index < -0.39 is 0 Å². The molecule has 0 spiro atoms. The fraction of sp³-hybridized carbons (Fsp3) is 0.583. The summed E-state index contributed by atoms with van der Waals surface area (Å²) in [6.07, 6.45) is 0.838. The molecule has 0 amide bonds. The molecule has 0 fully saturated rings. The fourth-order valence-electron chi connectivity index (χ4n) is 1.76. The normalized spacial score (nSPS) is 11.4. The van der Waals surface area contributed by atoms with Crippen LogP contribution in [-0.2, 0) is 13.0 Å². The van der Waals surface area contributed by atoms with Crippen molar-refractivity contribution in [3.8, 4) is 0 Å². The van der Waals surface area contributed by atoms with E-state index in [0.717, 1.165) is 28.1 Å². The lowest BCUT2D eigenvalue weighted by Gasteiger charge is -1.99. The van der Waals surface area contributed by atoms with E-state index in [-0.39, 0.29) is 0 Å². The first-order chi connectivity index (χ1) is 8.47. The molecule has 2 aromatic heterocycles. The quantitative estimate of drug-likeness (QED) is 0.871. The minimum absolute atomic E-state index is 0.517. The van der Waals surface area contributed by atoms with Gasteiger partial charge < -0.3 is 4.52 Å². The Balaban J connectivity index is 2.14. The summed E-state index contributed by atoms with van der Waals surface area (Å²) in [6.45, 7) is 8.76. The van der Waals surface area contributed by atoms with E-state index in [9.17, 15) is 0 Å². The van der Waals surface area contributed by atoms with Crippen molar-refractivity contribution in [3.05, 3.63) is 27.6 Å². The minimum atomic E-state index is 0.517. The molecule has 2 aromatic rings. The van der Waals surface area contributed by atoms with Gasteiger partial charge >= 0.3 is 0 Å². The van der Waals surface area contributed by atoms with Crippen LogP contribution in [0, 0.1) is 19.8 Å². The zero-order valence-corrected chi connectivity index (χ0v) is 12.7. The van der Waals surface area contributed by atoms with Crippen LogP contribution >= 0.6 is 15.9 Å². The van der Waals surface area contributed by atoms with Gasteiger partial charge in [0.05, 0.1) is 15.9 Å². The minimum Gasteiger partial charge on any atom is -0.337 e. The van der Waals surface area contributed by atoms with Crippen molar-refractivity contribution in [1.82, 2.24) is 19.9 Å². The van der Waals surface area contributed by atoms with Gasteiger partial charge in [-0.25, -0.2) is 0 Å². The van der Waals surface area contributed by atoms with Gasteiger partial charge in [-0.2, -0.15) is 10.1 Å². The SMILES string of the molecule is Cc1nn(Cc2nc(CC(C)C)no2)c(C)c1Br. The van der Waals surface area contributed by atoms with E-state index in [1.54, 1.807) is 0 Å². The zero-order valence-electron chi connectivity index (χ0n) is 11.1. The Kier molecular flexibility index (Phi) is 3.85. The molecule has 0 saturated heterocycles. The van der Waals surface area contributed by atoms with Crippen molar-refractivity contribution < 1.29 is 4.52 Å². The molecule has 0 unspecified atom stereocenters. The largest absolute Gasteiger partial charge is 0.337 e. The first-order valence-electron chi connectivity index (χ1n) is 5.98. The van der Waals surface area contributed by atoms with Gasteiger partial charge in [-0.1, -0.05) is 19.0 Å².